The van der Waals surface area contributed by atoms with Crippen molar-refractivity contribution in [2.24, 2.45) is 5.73 Å². The Labute approximate surface area is 184 Å². The number of esters is 1. The number of para-hydroxylation sites is 1. The smallest absolute Gasteiger partial charge is 0.329 e. The van der Waals surface area contributed by atoms with Gasteiger partial charge < -0.3 is 25.2 Å². The van der Waals surface area contributed by atoms with Crippen LogP contribution in [-0.2, 0) is 29.0 Å². The van der Waals surface area contributed by atoms with Gasteiger partial charge in [0.05, 0.1) is 0 Å². The minimum atomic E-state index is -0.903. The second-order valence-electron chi connectivity index (χ2n) is 7.35. The molecule has 1 unspecified atom stereocenters. The lowest BCUT2D eigenvalue weighted by Gasteiger charge is -2.17. The van der Waals surface area contributed by atoms with Crippen molar-refractivity contribution in [1.29, 1.82) is 0 Å². The summed E-state index contributed by atoms with van der Waals surface area (Å²) in [6.07, 6.45) is 3.78. The summed E-state index contributed by atoms with van der Waals surface area (Å²) in [7, 11) is 0. The molecule has 0 radical (unpaired) electrons. The molecule has 2 aromatic heterocycles. The Morgan fingerprint density at radius 3 is 2.72 bits per heavy atom. The number of benzene rings is 2. The SMILES string of the molecule is NCCc1nc(C(=O)NC(Cc2c[nH]c3ccccc23)C(=O)OCc2ccccc2)co1. The lowest BCUT2D eigenvalue weighted by molar-refractivity contribution is -0.147. The zero-order valence-electron chi connectivity index (χ0n) is 17.4. The van der Waals surface area contributed by atoms with E-state index in [4.69, 9.17) is 14.9 Å². The number of nitrogens with one attached hydrogen (secondary N) is 2. The van der Waals surface area contributed by atoms with E-state index in [1.807, 2.05) is 60.8 Å². The van der Waals surface area contributed by atoms with Crippen molar-refractivity contribution < 1.29 is 18.7 Å². The number of carbonyl (C=O) groups is 2. The molecule has 0 spiro atoms. The second-order valence-corrected chi connectivity index (χ2v) is 7.35. The molecule has 0 saturated carbocycles. The molecule has 164 valence electrons. The molecule has 2 aromatic carbocycles. The number of ether oxygens (including phenoxy) is 1. The zero-order valence-corrected chi connectivity index (χ0v) is 17.4. The van der Waals surface area contributed by atoms with E-state index < -0.39 is 17.9 Å². The van der Waals surface area contributed by atoms with Gasteiger partial charge in [0.1, 0.15) is 18.9 Å². The van der Waals surface area contributed by atoms with Gasteiger partial charge in [0.25, 0.3) is 5.91 Å². The number of fused-ring (bicyclic) bond motifs is 1. The minimum Gasteiger partial charge on any atom is -0.459 e. The van der Waals surface area contributed by atoms with Crippen LogP contribution in [-0.4, -0.2) is 34.4 Å². The third-order valence-electron chi connectivity index (χ3n) is 5.06. The molecular weight excluding hydrogens is 408 g/mol. The number of H-pyrrole nitrogens is 1. The Morgan fingerprint density at radius 2 is 1.91 bits per heavy atom. The number of nitrogens with two attached hydrogens (primary N) is 1. The zero-order chi connectivity index (χ0) is 22.3. The fourth-order valence-corrected chi connectivity index (χ4v) is 3.43. The van der Waals surface area contributed by atoms with E-state index in [2.05, 4.69) is 15.3 Å². The summed E-state index contributed by atoms with van der Waals surface area (Å²) in [5.41, 5.74) is 8.30. The van der Waals surface area contributed by atoms with Crippen LogP contribution in [0.3, 0.4) is 0 Å². The number of oxazole rings is 1. The Hall–Kier alpha value is -3.91. The highest BCUT2D eigenvalue weighted by molar-refractivity contribution is 5.95. The van der Waals surface area contributed by atoms with E-state index in [9.17, 15) is 9.59 Å². The fourth-order valence-electron chi connectivity index (χ4n) is 3.43. The molecule has 0 aliphatic rings. The second kappa shape index (κ2) is 9.93. The number of aromatic amines is 1. The van der Waals surface area contributed by atoms with Crippen LogP contribution in [0.1, 0.15) is 27.5 Å². The molecular formula is C24H24N4O4. The van der Waals surface area contributed by atoms with Crippen LogP contribution in [0.25, 0.3) is 10.9 Å². The first-order chi connectivity index (χ1) is 15.6. The number of nitrogens with zero attached hydrogens (tertiary/aromatic N) is 1. The maximum absolute atomic E-state index is 12.9. The average molecular weight is 432 g/mol. The summed E-state index contributed by atoms with van der Waals surface area (Å²) in [6.45, 7) is 0.473. The third kappa shape index (κ3) is 5.04. The Morgan fingerprint density at radius 1 is 1.12 bits per heavy atom. The maximum atomic E-state index is 12.9. The summed E-state index contributed by atoms with van der Waals surface area (Å²) in [5, 5.41) is 3.73. The van der Waals surface area contributed by atoms with Crippen LogP contribution in [0.2, 0.25) is 0 Å². The van der Waals surface area contributed by atoms with Gasteiger partial charge in [0.2, 0.25) is 0 Å². The van der Waals surface area contributed by atoms with Crippen LogP contribution < -0.4 is 11.1 Å². The van der Waals surface area contributed by atoms with Gasteiger partial charge >= 0.3 is 5.97 Å². The van der Waals surface area contributed by atoms with E-state index in [1.54, 1.807) is 0 Å². The third-order valence-corrected chi connectivity index (χ3v) is 5.06. The predicted octanol–water partition coefficient (Wildman–Crippen LogP) is 2.74. The number of hydrogen-bond donors (Lipinski definition) is 3. The van der Waals surface area contributed by atoms with Gasteiger partial charge in [-0.1, -0.05) is 48.5 Å². The van der Waals surface area contributed by atoms with Gasteiger partial charge in [0.15, 0.2) is 11.6 Å². The highest BCUT2D eigenvalue weighted by Gasteiger charge is 2.26. The lowest BCUT2D eigenvalue weighted by Crippen LogP contribution is -2.43. The fraction of sp³-hybridized carbons (Fsp3) is 0.208. The summed E-state index contributed by atoms with van der Waals surface area (Å²) < 4.78 is 10.8. The molecule has 4 rings (SSSR count). The summed E-state index contributed by atoms with van der Waals surface area (Å²) in [5.74, 6) is -0.672. The first-order valence-electron chi connectivity index (χ1n) is 10.3. The Balaban J connectivity index is 1.52. The molecule has 1 atom stereocenters. The monoisotopic (exact) mass is 432 g/mol. The largest absolute Gasteiger partial charge is 0.459 e. The molecule has 8 nitrogen and oxygen atoms in total. The first kappa shape index (κ1) is 21.3. The van der Waals surface area contributed by atoms with Gasteiger partial charge in [-0.05, 0) is 17.2 Å². The van der Waals surface area contributed by atoms with E-state index >= 15 is 0 Å². The highest BCUT2D eigenvalue weighted by Crippen LogP contribution is 2.20. The molecule has 0 aliphatic heterocycles. The van der Waals surface area contributed by atoms with Crippen LogP contribution >= 0.6 is 0 Å². The maximum Gasteiger partial charge on any atom is 0.329 e. The Bertz CT molecular complexity index is 1200. The molecule has 2 heterocycles. The number of hydrogen-bond acceptors (Lipinski definition) is 6. The molecule has 4 aromatic rings. The van der Waals surface area contributed by atoms with Gasteiger partial charge in [0, 0.05) is 36.5 Å². The van der Waals surface area contributed by atoms with Crippen LogP contribution in [0.4, 0.5) is 0 Å². The van der Waals surface area contributed by atoms with Crippen LogP contribution in [0.5, 0.6) is 0 Å². The molecule has 8 heteroatoms. The number of amides is 1. The van der Waals surface area contributed by atoms with Gasteiger partial charge in [-0.25, -0.2) is 9.78 Å². The first-order valence-corrected chi connectivity index (χ1v) is 10.3. The Kier molecular flexibility index (Phi) is 6.62. The standard InChI is InChI=1S/C24H24N4O4/c25-11-10-22-27-21(15-31-22)23(29)28-20(24(30)32-14-16-6-2-1-3-7-16)12-17-13-26-19-9-5-4-8-18(17)19/h1-9,13,15,20,26H,10-12,14,25H2,(H,28,29). The minimum absolute atomic E-state index is 0.0910. The highest BCUT2D eigenvalue weighted by atomic mass is 16.5. The molecule has 1 amide bonds. The van der Waals surface area contributed by atoms with E-state index in [0.29, 0.717) is 18.9 Å². The summed E-state index contributed by atoms with van der Waals surface area (Å²) in [4.78, 5) is 33.0. The molecule has 0 bridgehead atoms. The van der Waals surface area contributed by atoms with E-state index in [0.717, 1.165) is 22.0 Å². The van der Waals surface area contributed by atoms with E-state index in [1.165, 1.54) is 6.26 Å². The van der Waals surface area contributed by atoms with Crippen molar-refractivity contribution in [1.82, 2.24) is 15.3 Å². The van der Waals surface area contributed by atoms with Gasteiger partial charge in [-0.3, -0.25) is 4.79 Å². The number of aromatic nitrogens is 2. The van der Waals surface area contributed by atoms with Crippen molar-refractivity contribution in [3.63, 3.8) is 0 Å². The molecule has 4 N–H and O–H groups in total. The van der Waals surface area contributed by atoms with Crippen molar-refractivity contribution >= 4 is 22.8 Å². The van der Waals surface area contributed by atoms with Crippen molar-refractivity contribution in [3.05, 3.63) is 89.8 Å². The summed E-state index contributed by atoms with van der Waals surface area (Å²) in [6, 6.07) is 16.2. The van der Waals surface area contributed by atoms with Crippen LogP contribution in [0, 0.1) is 0 Å². The van der Waals surface area contributed by atoms with Gasteiger partial charge in [-0.2, -0.15) is 0 Å². The van der Waals surface area contributed by atoms with Gasteiger partial charge in [-0.15, -0.1) is 0 Å². The summed E-state index contributed by atoms with van der Waals surface area (Å²) >= 11 is 0. The van der Waals surface area contributed by atoms with Crippen molar-refractivity contribution in [3.8, 4) is 0 Å². The predicted molar refractivity (Wildman–Crippen MR) is 119 cm³/mol. The van der Waals surface area contributed by atoms with Crippen LogP contribution in [0.15, 0.2) is 71.5 Å². The van der Waals surface area contributed by atoms with Crippen molar-refractivity contribution in [2.75, 3.05) is 6.54 Å². The number of rotatable bonds is 9. The molecule has 0 fully saturated rings. The lowest BCUT2D eigenvalue weighted by atomic mass is 10.0. The van der Waals surface area contributed by atoms with E-state index in [-0.39, 0.29) is 18.7 Å². The quantitative estimate of drug-likeness (QED) is 0.350. The average Bonchev–Trinajstić information content (AvgIpc) is 3.45. The molecule has 32 heavy (non-hydrogen) atoms. The topological polar surface area (TPSA) is 123 Å². The normalized spacial score (nSPS) is 11.9. The molecule has 0 saturated heterocycles. The van der Waals surface area contributed by atoms with Crippen molar-refractivity contribution in [2.45, 2.75) is 25.5 Å². The number of carbonyl (C=O) groups excluding carboxylic acids is 2. The molecule has 0 aliphatic carbocycles.